The van der Waals surface area contributed by atoms with Crippen molar-refractivity contribution in [1.82, 2.24) is 4.98 Å². The van der Waals surface area contributed by atoms with Gasteiger partial charge in [-0.2, -0.15) is 0 Å². The molecule has 2 atom stereocenters. The van der Waals surface area contributed by atoms with Gasteiger partial charge in [0.25, 0.3) is 0 Å². The molecule has 1 fully saturated rings. The molecule has 0 bridgehead atoms. The molecule has 2 heterocycles. The zero-order valence-electron chi connectivity index (χ0n) is 9.26. The number of rotatable bonds is 2. The Hall–Kier alpha value is -0.870. The zero-order chi connectivity index (χ0) is 11.8. The van der Waals surface area contributed by atoms with E-state index in [-0.39, 0.29) is 17.5 Å². The number of anilines is 1. The molecule has 0 aromatic carbocycles. The molecule has 1 saturated heterocycles. The maximum absolute atomic E-state index is 13.6. The molecular weight excluding hydrogens is 231 g/mol. The third kappa shape index (κ3) is 2.13. The molecule has 1 aromatic heterocycles. The van der Waals surface area contributed by atoms with E-state index in [2.05, 4.69) is 10.3 Å². The summed E-state index contributed by atoms with van der Waals surface area (Å²) >= 11 is 5.64. The lowest BCUT2D eigenvalue weighted by Crippen LogP contribution is -2.41. The van der Waals surface area contributed by atoms with Gasteiger partial charge in [0.15, 0.2) is 11.6 Å². The topological polar surface area (TPSA) is 34.1 Å². The van der Waals surface area contributed by atoms with Gasteiger partial charge in [0.1, 0.15) is 0 Å². The standard InChI is InChI=1S/C11H14ClFN2O/c1-7-11(2,3-4-16-7)15-10-9(13)5-8(12)6-14-10/h5-7H,3-4H2,1-2H3,(H,14,15). The van der Waals surface area contributed by atoms with Crippen molar-refractivity contribution < 1.29 is 9.13 Å². The molecule has 1 aliphatic heterocycles. The molecule has 16 heavy (non-hydrogen) atoms. The largest absolute Gasteiger partial charge is 0.376 e. The van der Waals surface area contributed by atoms with Gasteiger partial charge in [-0.05, 0) is 26.3 Å². The second kappa shape index (κ2) is 4.18. The van der Waals surface area contributed by atoms with Crippen LogP contribution in [0, 0.1) is 5.82 Å². The van der Waals surface area contributed by atoms with Crippen LogP contribution in [-0.4, -0.2) is 23.2 Å². The Bertz CT molecular complexity index is 402. The molecule has 2 rings (SSSR count). The van der Waals surface area contributed by atoms with Crippen LogP contribution in [0.15, 0.2) is 12.3 Å². The minimum atomic E-state index is -0.437. The van der Waals surface area contributed by atoms with Crippen LogP contribution in [0.5, 0.6) is 0 Å². The van der Waals surface area contributed by atoms with Crippen LogP contribution in [0.2, 0.25) is 5.02 Å². The van der Waals surface area contributed by atoms with Gasteiger partial charge in [0.2, 0.25) is 0 Å². The Balaban J connectivity index is 2.20. The molecule has 0 radical (unpaired) electrons. The van der Waals surface area contributed by atoms with E-state index in [1.165, 1.54) is 12.3 Å². The van der Waals surface area contributed by atoms with Crippen LogP contribution in [0.3, 0.4) is 0 Å². The summed E-state index contributed by atoms with van der Waals surface area (Å²) in [5, 5.41) is 3.39. The van der Waals surface area contributed by atoms with Gasteiger partial charge in [-0.3, -0.25) is 0 Å². The lowest BCUT2D eigenvalue weighted by Gasteiger charge is -2.29. The second-order valence-electron chi connectivity index (χ2n) is 4.29. The first-order valence-electron chi connectivity index (χ1n) is 5.22. The Morgan fingerprint density at radius 1 is 1.69 bits per heavy atom. The molecule has 1 N–H and O–H groups in total. The Morgan fingerprint density at radius 2 is 2.44 bits per heavy atom. The van der Waals surface area contributed by atoms with Crippen molar-refractivity contribution in [2.45, 2.75) is 31.9 Å². The Kier molecular flexibility index (Phi) is 3.04. The van der Waals surface area contributed by atoms with Crippen molar-refractivity contribution >= 4 is 17.4 Å². The lowest BCUT2D eigenvalue weighted by molar-refractivity contribution is 0.105. The van der Waals surface area contributed by atoms with Gasteiger partial charge in [0.05, 0.1) is 16.7 Å². The summed E-state index contributed by atoms with van der Waals surface area (Å²) in [6.07, 6.45) is 2.29. The second-order valence-corrected chi connectivity index (χ2v) is 4.73. The summed E-state index contributed by atoms with van der Waals surface area (Å²) in [4.78, 5) is 3.95. The summed E-state index contributed by atoms with van der Waals surface area (Å²) in [5.41, 5.74) is -0.276. The Morgan fingerprint density at radius 3 is 3.00 bits per heavy atom. The number of hydrogen-bond donors (Lipinski definition) is 1. The number of aromatic nitrogens is 1. The van der Waals surface area contributed by atoms with E-state index < -0.39 is 5.82 Å². The minimum absolute atomic E-state index is 0.0318. The van der Waals surface area contributed by atoms with Gasteiger partial charge >= 0.3 is 0 Å². The molecule has 5 heteroatoms. The summed E-state index contributed by atoms with van der Waals surface area (Å²) in [5.74, 6) is -0.211. The fourth-order valence-electron chi connectivity index (χ4n) is 1.78. The van der Waals surface area contributed by atoms with Gasteiger partial charge in [0, 0.05) is 12.8 Å². The van der Waals surface area contributed by atoms with E-state index in [0.29, 0.717) is 11.6 Å². The predicted octanol–water partition coefficient (Wildman–Crippen LogP) is 2.85. The van der Waals surface area contributed by atoms with E-state index in [1.807, 2.05) is 13.8 Å². The van der Waals surface area contributed by atoms with E-state index in [9.17, 15) is 4.39 Å². The first kappa shape index (κ1) is 11.6. The zero-order valence-corrected chi connectivity index (χ0v) is 10.0. The van der Waals surface area contributed by atoms with Crippen LogP contribution in [-0.2, 0) is 4.74 Å². The molecule has 0 aliphatic carbocycles. The van der Waals surface area contributed by atoms with Crippen molar-refractivity contribution in [3.8, 4) is 0 Å². The number of ether oxygens (including phenoxy) is 1. The van der Waals surface area contributed by atoms with Crippen molar-refractivity contribution in [2.24, 2.45) is 0 Å². The molecule has 2 unspecified atom stereocenters. The minimum Gasteiger partial charge on any atom is -0.376 e. The highest BCUT2D eigenvalue weighted by atomic mass is 35.5. The summed E-state index contributed by atoms with van der Waals surface area (Å²) in [6.45, 7) is 4.65. The molecular formula is C11H14ClFN2O. The van der Waals surface area contributed by atoms with E-state index in [0.717, 1.165) is 6.42 Å². The number of halogens is 2. The SMILES string of the molecule is CC1OCCC1(C)Nc1ncc(Cl)cc1F. The van der Waals surface area contributed by atoms with Crippen LogP contribution in [0.25, 0.3) is 0 Å². The predicted molar refractivity (Wildman–Crippen MR) is 61.3 cm³/mol. The number of hydrogen-bond acceptors (Lipinski definition) is 3. The van der Waals surface area contributed by atoms with E-state index >= 15 is 0 Å². The van der Waals surface area contributed by atoms with Gasteiger partial charge < -0.3 is 10.1 Å². The molecule has 0 saturated carbocycles. The first-order valence-corrected chi connectivity index (χ1v) is 5.60. The molecule has 0 amide bonds. The highest BCUT2D eigenvalue weighted by Crippen LogP contribution is 2.30. The molecule has 1 aliphatic rings. The monoisotopic (exact) mass is 244 g/mol. The quantitative estimate of drug-likeness (QED) is 0.869. The maximum Gasteiger partial charge on any atom is 0.166 e. The first-order chi connectivity index (χ1) is 7.51. The normalized spacial score (nSPS) is 29.4. The molecule has 88 valence electrons. The molecule has 1 aromatic rings. The molecule has 3 nitrogen and oxygen atoms in total. The van der Waals surface area contributed by atoms with Crippen LogP contribution in [0.4, 0.5) is 10.2 Å². The molecule has 0 spiro atoms. The van der Waals surface area contributed by atoms with E-state index in [4.69, 9.17) is 16.3 Å². The van der Waals surface area contributed by atoms with Crippen LogP contribution >= 0.6 is 11.6 Å². The smallest absolute Gasteiger partial charge is 0.166 e. The Labute approximate surface area is 99.0 Å². The fourth-order valence-corrected chi connectivity index (χ4v) is 1.92. The van der Waals surface area contributed by atoms with Crippen molar-refractivity contribution in [3.05, 3.63) is 23.1 Å². The highest BCUT2D eigenvalue weighted by molar-refractivity contribution is 6.30. The average Bonchev–Trinajstić information content (AvgIpc) is 2.52. The highest BCUT2D eigenvalue weighted by Gasteiger charge is 2.37. The average molecular weight is 245 g/mol. The number of nitrogens with one attached hydrogen (secondary N) is 1. The third-order valence-corrected chi connectivity index (χ3v) is 3.30. The van der Waals surface area contributed by atoms with Gasteiger partial charge in [-0.1, -0.05) is 11.6 Å². The van der Waals surface area contributed by atoms with Crippen molar-refractivity contribution in [1.29, 1.82) is 0 Å². The third-order valence-electron chi connectivity index (χ3n) is 3.10. The number of nitrogens with zero attached hydrogens (tertiary/aromatic N) is 1. The van der Waals surface area contributed by atoms with Crippen LogP contribution < -0.4 is 5.32 Å². The number of pyridine rings is 1. The fraction of sp³-hybridized carbons (Fsp3) is 0.545. The summed E-state index contributed by atoms with van der Waals surface area (Å²) in [7, 11) is 0. The van der Waals surface area contributed by atoms with Gasteiger partial charge in [-0.25, -0.2) is 9.37 Å². The van der Waals surface area contributed by atoms with Gasteiger partial charge in [-0.15, -0.1) is 0 Å². The maximum atomic E-state index is 13.6. The van der Waals surface area contributed by atoms with Crippen molar-refractivity contribution in [2.75, 3.05) is 11.9 Å². The van der Waals surface area contributed by atoms with E-state index in [1.54, 1.807) is 0 Å². The summed E-state index contributed by atoms with van der Waals surface area (Å²) < 4.78 is 19.0. The van der Waals surface area contributed by atoms with Crippen molar-refractivity contribution in [3.63, 3.8) is 0 Å². The summed E-state index contributed by atoms with van der Waals surface area (Å²) in [6, 6.07) is 1.25. The lowest BCUT2D eigenvalue weighted by atomic mass is 9.95. The van der Waals surface area contributed by atoms with Crippen LogP contribution in [0.1, 0.15) is 20.3 Å².